The Bertz CT molecular complexity index is 447. The van der Waals surface area contributed by atoms with Gasteiger partial charge in [0, 0.05) is 18.5 Å². The van der Waals surface area contributed by atoms with E-state index in [2.05, 4.69) is 38.2 Å². The Labute approximate surface area is 110 Å². The number of rotatable bonds is 6. The maximum atomic E-state index is 8.48. The van der Waals surface area contributed by atoms with Crippen molar-refractivity contribution >= 4 is 0 Å². The summed E-state index contributed by atoms with van der Waals surface area (Å²) < 4.78 is 5.52. The van der Waals surface area contributed by atoms with Crippen LogP contribution in [0.3, 0.4) is 0 Å². The average molecular weight is 246 g/mol. The molecule has 0 amide bonds. The molecule has 0 fully saturated rings. The minimum absolute atomic E-state index is 0.607. The molecule has 3 nitrogen and oxygen atoms in total. The van der Waals surface area contributed by atoms with E-state index in [1.807, 2.05) is 0 Å². The smallest absolute Gasteiger partial charge is 0.126 e. The third kappa shape index (κ3) is 3.48. The third-order valence-corrected chi connectivity index (χ3v) is 3.26. The molecule has 18 heavy (non-hydrogen) atoms. The van der Waals surface area contributed by atoms with Gasteiger partial charge in [-0.05, 0) is 50.4 Å². The van der Waals surface area contributed by atoms with Gasteiger partial charge < -0.3 is 10.1 Å². The molecule has 0 heterocycles. The van der Waals surface area contributed by atoms with Crippen LogP contribution in [0.2, 0.25) is 0 Å². The number of hydrogen-bond donors (Lipinski definition) is 1. The summed E-state index contributed by atoms with van der Waals surface area (Å²) in [5.74, 6) is 0.986. The van der Waals surface area contributed by atoms with Crippen LogP contribution in [0, 0.1) is 32.1 Å². The summed E-state index contributed by atoms with van der Waals surface area (Å²) in [4.78, 5) is 0. The molecule has 0 aromatic heterocycles. The Morgan fingerprint density at radius 2 is 2.00 bits per heavy atom. The second kappa shape index (κ2) is 7.03. The normalized spacial score (nSPS) is 10.2. The van der Waals surface area contributed by atoms with E-state index in [1.54, 1.807) is 7.11 Å². The van der Waals surface area contributed by atoms with Crippen LogP contribution >= 0.6 is 0 Å². The zero-order chi connectivity index (χ0) is 13.5. The molecule has 0 aliphatic carbocycles. The second-order valence-electron chi connectivity index (χ2n) is 4.59. The molecule has 0 unspecified atom stereocenters. The van der Waals surface area contributed by atoms with Gasteiger partial charge in [0.05, 0.1) is 13.2 Å². The van der Waals surface area contributed by atoms with Gasteiger partial charge in [0.1, 0.15) is 5.75 Å². The molecule has 0 aliphatic heterocycles. The predicted octanol–water partition coefficient (Wildman–Crippen LogP) is 3.01. The van der Waals surface area contributed by atoms with Crippen LogP contribution in [0.4, 0.5) is 0 Å². The van der Waals surface area contributed by atoms with Gasteiger partial charge in [-0.15, -0.1) is 0 Å². The third-order valence-electron chi connectivity index (χ3n) is 3.26. The fourth-order valence-corrected chi connectivity index (χ4v) is 2.11. The Kier molecular flexibility index (Phi) is 5.67. The van der Waals surface area contributed by atoms with E-state index in [0.29, 0.717) is 6.42 Å². The zero-order valence-electron chi connectivity index (χ0n) is 11.8. The van der Waals surface area contributed by atoms with Crippen molar-refractivity contribution < 1.29 is 4.74 Å². The number of nitrogens with one attached hydrogen (secondary N) is 1. The number of benzene rings is 1. The van der Waals surface area contributed by atoms with E-state index in [0.717, 1.165) is 25.3 Å². The van der Waals surface area contributed by atoms with E-state index >= 15 is 0 Å². The zero-order valence-corrected chi connectivity index (χ0v) is 11.8. The van der Waals surface area contributed by atoms with Crippen molar-refractivity contribution in [1.82, 2.24) is 5.32 Å². The number of hydrogen-bond acceptors (Lipinski definition) is 3. The first-order chi connectivity index (χ1) is 8.61. The highest BCUT2D eigenvalue weighted by Gasteiger charge is 2.11. The minimum atomic E-state index is 0.607. The number of ether oxygens (including phenoxy) is 1. The van der Waals surface area contributed by atoms with Crippen LogP contribution in [0.25, 0.3) is 0 Å². The Morgan fingerprint density at radius 1 is 1.28 bits per heavy atom. The Balaban J connectivity index is 2.76. The van der Waals surface area contributed by atoms with Crippen molar-refractivity contribution in [3.8, 4) is 11.8 Å². The molecule has 1 rings (SSSR count). The van der Waals surface area contributed by atoms with Gasteiger partial charge in [-0.25, -0.2) is 0 Å². The molecule has 0 saturated heterocycles. The first-order valence-corrected chi connectivity index (χ1v) is 6.33. The lowest BCUT2D eigenvalue weighted by molar-refractivity contribution is 0.403. The van der Waals surface area contributed by atoms with Gasteiger partial charge in [0.2, 0.25) is 0 Å². The van der Waals surface area contributed by atoms with Gasteiger partial charge in [-0.2, -0.15) is 5.26 Å². The highest BCUT2D eigenvalue weighted by atomic mass is 16.5. The van der Waals surface area contributed by atoms with Crippen LogP contribution in [0.1, 0.15) is 35.1 Å². The largest absolute Gasteiger partial charge is 0.496 e. The Morgan fingerprint density at radius 3 is 2.61 bits per heavy atom. The molecule has 0 aliphatic rings. The molecular weight excluding hydrogens is 224 g/mol. The molecule has 0 radical (unpaired) electrons. The second-order valence-corrected chi connectivity index (χ2v) is 4.59. The first-order valence-electron chi connectivity index (χ1n) is 6.33. The summed E-state index contributed by atoms with van der Waals surface area (Å²) in [6.07, 6.45) is 1.50. The highest BCUT2D eigenvalue weighted by Crippen LogP contribution is 2.29. The number of methoxy groups -OCH3 is 1. The van der Waals surface area contributed by atoms with Crippen molar-refractivity contribution in [3.05, 3.63) is 28.3 Å². The summed E-state index contributed by atoms with van der Waals surface area (Å²) in [5, 5.41) is 11.8. The molecule has 0 atom stereocenters. The molecule has 1 aromatic carbocycles. The minimum Gasteiger partial charge on any atom is -0.496 e. The standard InChI is InChI=1S/C15H22N2O/c1-11-9-12(2)14(15(18-4)13(11)3)10-17-8-6-5-7-16/h9,17H,5-6,8,10H2,1-4H3. The van der Waals surface area contributed by atoms with Crippen molar-refractivity contribution in [2.45, 2.75) is 40.2 Å². The molecule has 0 saturated carbocycles. The van der Waals surface area contributed by atoms with E-state index in [9.17, 15) is 0 Å². The average Bonchev–Trinajstić information content (AvgIpc) is 2.35. The number of unbranched alkanes of at least 4 members (excludes halogenated alkanes) is 1. The number of nitrogens with zero attached hydrogens (tertiary/aromatic N) is 1. The van der Waals surface area contributed by atoms with Crippen LogP contribution in [0.15, 0.2) is 6.07 Å². The lowest BCUT2D eigenvalue weighted by Gasteiger charge is -2.17. The first kappa shape index (κ1) is 14.5. The summed E-state index contributed by atoms with van der Waals surface area (Å²) in [7, 11) is 1.72. The van der Waals surface area contributed by atoms with E-state index in [-0.39, 0.29) is 0 Å². The van der Waals surface area contributed by atoms with Crippen LogP contribution < -0.4 is 10.1 Å². The number of nitriles is 1. The molecule has 1 aromatic rings. The quantitative estimate of drug-likeness (QED) is 0.785. The van der Waals surface area contributed by atoms with Gasteiger partial charge in [0.25, 0.3) is 0 Å². The van der Waals surface area contributed by atoms with Crippen molar-refractivity contribution in [3.63, 3.8) is 0 Å². The SMILES string of the molecule is COc1c(C)c(C)cc(C)c1CNCCCC#N. The van der Waals surface area contributed by atoms with Crippen LogP contribution in [-0.2, 0) is 6.54 Å². The fourth-order valence-electron chi connectivity index (χ4n) is 2.11. The van der Waals surface area contributed by atoms with Gasteiger partial charge in [-0.3, -0.25) is 0 Å². The molecule has 0 spiro atoms. The summed E-state index contributed by atoms with van der Waals surface area (Å²) >= 11 is 0. The van der Waals surface area contributed by atoms with Crippen LogP contribution in [-0.4, -0.2) is 13.7 Å². The molecule has 1 N–H and O–H groups in total. The van der Waals surface area contributed by atoms with Gasteiger partial charge in [-0.1, -0.05) is 6.07 Å². The maximum Gasteiger partial charge on any atom is 0.126 e. The molecule has 98 valence electrons. The van der Waals surface area contributed by atoms with Crippen molar-refractivity contribution in [1.29, 1.82) is 5.26 Å². The van der Waals surface area contributed by atoms with Gasteiger partial charge in [0.15, 0.2) is 0 Å². The molecule has 0 bridgehead atoms. The lowest BCUT2D eigenvalue weighted by Crippen LogP contribution is -2.16. The highest BCUT2D eigenvalue weighted by molar-refractivity contribution is 5.49. The van der Waals surface area contributed by atoms with Gasteiger partial charge >= 0.3 is 0 Å². The molecular formula is C15H22N2O. The van der Waals surface area contributed by atoms with Crippen LogP contribution in [0.5, 0.6) is 5.75 Å². The molecule has 3 heteroatoms. The lowest BCUT2D eigenvalue weighted by atomic mass is 9.99. The maximum absolute atomic E-state index is 8.48. The Hall–Kier alpha value is -1.53. The summed E-state index contributed by atoms with van der Waals surface area (Å²) in [5.41, 5.74) is 4.94. The van der Waals surface area contributed by atoms with E-state index in [4.69, 9.17) is 10.00 Å². The van der Waals surface area contributed by atoms with E-state index < -0.39 is 0 Å². The summed E-state index contributed by atoms with van der Waals surface area (Å²) in [6, 6.07) is 4.35. The van der Waals surface area contributed by atoms with Crippen molar-refractivity contribution in [2.75, 3.05) is 13.7 Å². The number of aryl methyl sites for hydroxylation is 2. The monoisotopic (exact) mass is 246 g/mol. The predicted molar refractivity (Wildman–Crippen MR) is 73.8 cm³/mol. The van der Waals surface area contributed by atoms with Crippen molar-refractivity contribution in [2.24, 2.45) is 0 Å². The topological polar surface area (TPSA) is 45.0 Å². The van der Waals surface area contributed by atoms with E-state index in [1.165, 1.54) is 22.3 Å². The fraction of sp³-hybridized carbons (Fsp3) is 0.533. The summed E-state index contributed by atoms with van der Waals surface area (Å²) in [6.45, 7) is 7.97.